The highest BCUT2D eigenvalue weighted by molar-refractivity contribution is 6.00. The molecule has 1 amide bonds. The summed E-state index contributed by atoms with van der Waals surface area (Å²) in [4.78, 5) is 25.1. The second-order valence-corrected chi connectivity index (χ2v) is 6.62. The van der Waals surface area contributed by atoms with Crippen LogP contribution in [0.25, 0.3) is 0 Å². The number of ether oxygens (including phenoxy) is 1. The van der Waals surface area contributed by atoms with E-state index in [0.29, 0.717) is 32.0 Å². The van der Waals surface area contributed by atoms with Crippen molar-refractivity contribution in [2.45, 2.75) is 6.18 Å². The van der Waals surface area contributed by atoms with E-state index in [2.05, 4.69) is 17.2 Å². The molecule has 2 aromatic carbocycles. The molecule has 0 unspecified atom stereocenters. The summed E-state index contributed by atoms with van der Waals surface area (Å²) in [6, 6.07) is 8.60. The largest absolute Gasteiger partial charge is 0.416 e. The molecular formula is C21H18F3N3O4. The van der Waals surface area contributed by atoms with Gasteiger partial charge < -0.3 is 15.0 Å². The minimum atomic E-state index is -4.47. The van der Waals surface area contributed by atoms with Crippen molar-refractivity contribution in [2.24, 2.45) is 0 Å². The molecule has 0 bridgehead atoms. The average Bonchev–Trinajstić information content (AvgIpc) is 2.76. The van der Waals surface area contributed by atoms with Gasteiger partial charge in [-0.25, -0.2) is 0 Å². The minimum Gasteiger partial charge on any atom is -0.378 e. The Labute approximate surface area is 176 Å². The van der Waals surface area contributed by atoms with Crippen LogP contribution in [0, 0.1) is 22.0 Å². The van der Waals surface area contributed by atoms with Gasteiger partial charge in [0, 0.05) is 30.8 Å². The zero-order chi connectivity index (χ0) is 22.4. The molecule has 0 aromatic heterocycles. The number of halogens is 3. The van der Waals surface area contributed by atoms with Crippen molar-refractivity contribution >= 4 is 17.3 Å². The number of non-ortho nitro benzene ring substituents is 1. The lowest BCUT2D eigenvalue weighted by molar-refractivity contribution is -0.384. The van der Waals surface area contributed by atoms with Crippen LogP contribution >= 0.6 is 0 Å². The second-order valence-electron chi connectivity index (χ2n) is 6.62. The molecule has 1 N–H and O–H groups in total. The number of anilines is 1. The standard InChI is InChI=1S/C21H18F3N3O4/c22-21(23,24)16-5-1-3-15(13-16)4-2-8-25-20(28)18-14-17(27(29)30)6-7-19(18)26-9-11-31-12-10-26/h1,3,5-7,13-14H,8-12H2,(H,25,28). The van der Waals surface area contributed by atoms with E-state index >= 15 is 0 Å². The molecule has 0 spiro atoms. The highest BCUT2D eigenvalue weighted by Crippen LogP contribution is 2.29. The van der Waals surface area contributed by atoms with Crippen LogP contribution in [0.3, 0.4) is 0 Å². The first kappa shape index (κ1) is 22.1. The number of carbonyl (C=O) groups is 1. The van der Waals surface area contributed by atoms with Gasteiger partial charge in [0.2, 0.25) is 0 Å². The Morgan fingerprint density at radius 2 is 1.94 bits per heavy atom. The number of hydrogen-bond donors (Lipinski definition) is 1. The Morgan fingerprint density at radius 3 is 2.61 bits per heavy atom. The van der Waals surface area contributed by atoms with Crippen molar-refractivity contribution < 1.29 is 27.6 Å². The number of morpholine rings is 1. The van der Waals surface area contributed by atoms with E-state index < -0.39 is 22.6 Å². The lowest BCUT2D eigenvalue weighted by Crippen LogP contribution is -2.38. The van der Waals surface area contributed by atoms with E-state index in [1.807, 2.05) is 4.90 Å². The SMILES string of the molecule is O=C(NCC#Cc1cccc(C(F)(F)F)c1)c1cc([N+](=O)[O-])ccc1N1CCOCC1. The number of nitrogens with one attached hydrogen (secondary N) is 1. The maximum Gasteiger partial charge on any atom is 0.416 e. The van der Waals surface area contributed by atoms with Gasteiger partial charge in [0.15, 0.2) is 0 Å². The number of benzene rings is 2. The van der Waals surface area contributed by atoms with Crippen LogP contribution in [-0.2, 0) is 10.9 Å². The number of nitrogens with zero attached hydrogens (tertiary/aromatic N) is 2. The molecule has 7 nitrogen and oxygen atoms in total. The molecule has 10 heteroatoms. The van der Waals surface area contributed by atoms with E-state index in [0.717, 1.165) is 12.1 Å². The van der Waals surface area contributed by atoms with Crippen molar-refractivity contribution in [1.29, 1.82) is 0 Å². The fourth-order valence-electron chi connectivity index (χ4n) is 3.04. The summed E-state index contributed by atoms with van der Waals surface area (Å²) in [5, 5.41) is 13.7. The fraction of sp³-hybridized carbons (Fsp3) is 0.286. The Morgan fingerprint density at radius 1 is 1.19 bits per heavy atom. The minimum absolute atomic E-state index is 0.122. The predicted molar refractivity (Wildman–Crippen MR) is 107 cm³/mol. The maximum atomic E-state index is 12.8. The van der Waals surface area contributed by atoms with Crippen LogP contribution in [0.5, 0.6) is 0 Å². The van der Waals surface area contributed by atoms with Gasteiger partial charge in [-0.1, -0.05) is 17.9 Å². The number of carbonyl (C=O) groups excluding carboxylic acids is 1. The normalized spacial score (nSPS) is 13.8. The van der Waals surface area contributed by atoms with Crippen molar-refractivity contribution in [3.8, 4) is 11.8 Å². The Balaban J connectivity index is 1.74. The van der Waals surface area contributed by atoms with Crippen LogP contribution in [0.1, 0.15) is 21.5 Å². The Hall–Kier alpha value is -3.58. The van der Waals surface area contributed by atoms with Crippen LogP contribution < -0.4 is 10.2 Å². The molecular weight excluding hydrogens is 415 g/mol. The quantitative estimate of drug-likeness (QED) is 0.455. The summed E-state index contributed by atoms with van der Waals surface area (Å²) in [5.41, 5.74) is -0.213. The lowest BCUT2D eigenvalue weighted by atomic mass is 10.1. The molecule has 1 heterocycles. The van der Waals surface area contributed by atoms with Gasteiger partial charge in [0.05, 0.1) is 41.5 Å². The topological polar surface area (TPSA) is 84.7 Å². The van der Waals surface area contributed by atoms with Crippen LogP contribution in [0.2, 0.25) is 0 Å². The van der Waals surface area contributed by atoms with Gasteiger partial charge in [-0.15, -0.1) is 0 Å². The second kappa shape index (κ2) is 9.49. The first-order valence-corrected chi connectivity index (χ1v) is 9.31. The Bertz CT molecular complexity index is 1040. The lowest BCUT2D eigenvalue weighted by Gasteiger charge is -2.30. The maximum absolute atomic E-state index is 12.8. The van der Waals surface area contributed by atoms with Crippen LogP contribution in [0.15, 0.2) is 42.5 Å². The molecule has 0 saturated carbocycles. The van der Waals surface area contributed by atoms with Gasteiger partial charge in [0.25, 0.3) is 11.6 Å². The number of hydrogen-bond acceptors (Lipinski definition) is 5. The molecule has 162 valence electrons. The van der Waals surface area contributed by atoms with E-state index in [4.69, 9.17) is 4.74 Å². The summed E-state index contributed by atoms with van der Waals surface area (Å²) in [6.45, 7) is 1.88. The Kier molecular flexibility index (Phi) is 6.77. The molecule has 3 rings (SSSR count). The number of amides is 1. The molecule has 2 aromatic rings. The number of alkyl halides is 3. The molecule has 31 heavy (non-hydrogen) atoms. The molecule has 1 fully saturated rings. The number of nitro groups is 1. The first-order chi connectivity index (χ1) is 14.8. The molecule has 0 radical (unpaired) electrons. The number of nitro benzene ring substituents is 1. The van der Waals surface area contributed by atoms with Crippen molar-refractivity contribution in [2.75, 3.05) is 37.7 Å². The van der Waals surface area contributed by atoms with Gasteiger partial charge in [-0.05, 0) is 24.3 Å². The highest BCUT2D eigenvalue weighted by atomic mass is 19.4. The van der Waals surface area contributed by atoms with E-state index in [9.17, 15) is 28.1 Å². The third-order valence-electron chi connectivity index (χ3n) is 4.55. The molecule has 1 saturated heterocycles. The van der Waals surface area contributed by atoms with Gasteiger partial charge in [-0.2, -0.15) is 13.2 Å². The first-order valence-electron chi connectivity index (χ1n) is 9.31. The molecule has 0 aliphatic carbocycles. The zero-order valence-corrected chi connectivity index (χ0v) is 16.2. The smallest absolute Gasteiger partial charge is 0.378 e. The third-order valence-corrected chi connectivity index (χ3v) is 4.55. The van der Waals surface area contributed by atoms with Gasteiger partial charge in [-0.3, -0.25) is 14.9 Å². The zero-order valence-electron chi connectivity index (χ0n) is 16.2. The summed E-state index contributed by atoms with van der Waals surface area (Å²) in [6.07, 6.45) is -4.47. The van der Waals surface area contributed by atoms with Crippen molar-refractivity contribution in [3.63, 3.8) is 0 Å². The summed E-state index contributed by atoms with van der Waals surface area (Å²) < 4.78 is 43.6. The highest BCUT2D eigenvalue weighted by Gasteiger charge is 2.30. The van der Waals surface area contributed by atoms with Crippen molar-refractivity contribution in [3.05, 3.63) is 69.3 Å². The molecule has 1 aliphatic heterocycles. The monoisotopic (exact) mass is 433 g/mol. The van der Waals surface area contributed by atoms with Crippen LogP contribution in [-0.4, -0.2) is 43.7 Å². The van der Waals surface area contributed by atoms with E-state index in [1.54, 1.807) is 0 Å². The van der Waals surface area contributed by atoms with Crippen molar-refractivity contribution in [1.82, 2.24) is 5.32 Å². The van der Waals surface area contributed by atoms with E-state index in [1.165, 1.54) is 30.3 Å². The average molecular weight is 433 g/mol. The summed E-state index contributed by atoms with van der Waals surface area (Å²) >= 11 is 0. The van der Waals surface area contributed by atoms with E-state index in [-0.39, 0.29) is 23.4 Å². The molecule has 1 aliphatic rings. The predicted octanol–water partition coefficient (Wildman–Crippen LogP) is 3.23. The van der Waals surface area contributed by atoms with Gasteiger partial charge >= 0.3 is 6.18 Å². The third kappa shape index (κ3) is 5.73. The van der Waals surface area contributed by atoms with Gasteiger partial charge in [0.1, 0.15) is 0 Å². The van der Waals surface area contributed by atoms with Crippen LogP contribution in [0.4, 0.5) is 24.5 Å². The number of rotatable bonds is 4. The summed E-state index contributed by atoms with van der Waals surface area (Å²) in [7, 11) is 0. The fourth-order valence-corrected chi connectivity index (χ4v) is 3.04. The molecule has 0 atom stereocenters. The summed E-state index contributed by atoms with van der Waals surface area (Å²) in [5.74, 6) is 4.61.